The van der Waals surface area contributed by atoms with Crippen LogP contribution in [-0.2, 0) is 17.6 Å². The van der Waals surface area contributed by atoms with Gasteiger partial charge < -0.3 is 10.4 Å². The fourth-order valence-corrected chi connectivity index (χ4v) is 4.84. The van der Waals surface area contributed by atoms with Crippen LogP contribution >= 0.6 is 0 Å². The Hall–Kier alpha value is -4.20. The van der Waals surface area contributed by atoms with Crippen molar-refractivity contribution < 1.29 is 23.5 Å². The summed E-state index contributed by atoms with van der Waals surface area (Å²) in [6.45, 7) is 0. The number of nitrogens with one attached hydrogen (secondary N) is 1. The molecule has 2 N–H and O–H groups in total. The molecule has 6 nitrogen and oxygen atoms in total. The number of carboxylic acids is 1. The number of carbonyl (C=O) groups excluding carboxylic acids is 1. The highest BCUT2D eigenvalue weighted by Gasteiger charge is 2.25. The molecule has 1 atom stereocenters. The number of aliphatic carboxylic acids is 1. The number of hydrogen-bond acceptors (Lipinski definition) is 4. The number of halogens is 2. The van der Waals surface area contributed by atoms with E-state index in [4.69, 9.17) is 10.1 Å². The Bertz CT molecular complexity index is 1490. The molecule has 188 valence electrons. The Balaban J connectivity index is 1.43. The van der Waals surface area contributed by atoms with Gasteiger partial charge >= 0.3 is 5.97 Å². The summed E-state index contributed by atoms with van der Waals surface area (Å²) in [7, 11) is 0. The molecule has 0 fully saturated rings. The Labute approximate surface area is 212 Å². The summed E-state index contributed by atoms with van der Waals surface area (Å²) in [5.74, 6) is -1.83. The van der Waals surface area contributed by atoms with Gasteiger partial charge in [0, 0.05) is 23.6 Å². The first kappa shape index (κ1) is 24.5. The number of nitrogens with zero attached hydrogens (tertiary/aromatic N) is 2. The molecule has 1 aliphatic rings. The van der Waals surface area contributed by atoms with Crippen molar-refractivity contribution in [3.63, 3.8) is 0 Å². The maximum absolute atomic E-state index is 13.8. The van der Waals surface area contributed by atoms with Crippen LogP contribution in [0.1, 0.15) is 58.8 Å². The highest BCUT2D eigenvalue weighted by Crippen LogP contribution is 2.32. The van der Waals surface area contributed by atoms with Crippen LogP contribution < -0.4 is 5.32 Å². The van der Waals surface area contributed by atoms with Crippen molar-refractivity contribution in [3.05, 3.63) is 94.7 Å². The zero-order chi connectivity index (χ0) is 25.9. The monoisotopic (exact) mass is 501 g/mol. The quantitative estimate of drug-likeness (QED) is 0.298. The van der Waals surface area contributed by atoms with Crippen LogP contribution in [0.2, 0.25) is 0 Å². The van der Waals surface area contributed by atoms with E-state index in [1.807, 2.05) is 6.07 Å². The Morgan fingerprint density at radius 1 is 1.00 bits per heavy atom. The van der Waals surface area contributed by atoms with Crippen LogP contribution in [0.15, 0.2) is 60.8 Å². The van der Waals surface area contributed by atoms with Gasteiger partial charge in [0.25, 0.3) is 5.91 Å². The van der Waals surface area contributed by atoms with Gasteiger partial charge in [-0.2, -0.15) is 0 Å². The van der Waals surface area contributed by atoms with Crippen molar-refractivity contribution in [1.82, 2.24) is 15.3 Å². The molecule has 0 aliphatic heterocycles. The minimum absolute atomic E-state index is 0.0764. The molecule has 4 aromatic rings. The Morgan fingerprint density at radius 2 is 1.78 bits per heavy atom. The molecule has 0 spiro atoms. The minimum Gasteiger partial charge on any atom is -0.481 e. The number of fused-ring (bicyclic) bond motifs is 2. The second-order valence-corrected chi connectivity index (χ2v) is 9.28. The molecule has 0 saturated heterocycles. The van der Waals surface area contributed by atoms with E-state index < -0.39 is 5.97 Å². The van der Waals surface area contributed by atoms with Gasteiger partial charge in [0.2, 0.25) is 0 Å². The van der Waals surface area contributed by atoms with Crippen LogP contribution in [0, 0.1) is 11.6 Å². The zero-order valence-corrected chi connectivity index (χ0v) is 20.0. The maximum atomic E-state index is 13.8. The second-order valence-electron chi connectivity index (χ2n) is 9.28. The van der Waals surface area contributed by atoms with Crippen molar-refractivity contribution in [2.24, 2.45) is 0 Å². The normalized spacial score (nSPS) is 14.5. The molecule has 37 heavy (non-hydrogen) atoms. The van der Waals surface area contributed by atoms with Crippen molar-refractivity contribution in [2.45, 2.75) is 44.6 Å². The van der Waals surface area contributed by atoms with Crippen LogP contribution in [0.5, 0.6) is 0 Å². The van der Waals surface area contributed by atoms with E-state index in [-0.39, 0.29) is 30.0 Å². The third-order valence-corrected chi connectivity index (χ3v) is 6.70. The zero-order valence-electron chi connectivity index (χ0n) is 20.0. The maximum Gasteiger partial charge on any atom is 0.303 e. The van der Waals surface area contributed by atoms with E-state index in [2.05, 4.69) is 10.3 Å². The highest BCUT2D eigenvalue weighted by atomic mass is 19.1. The van der Waals surface area contributed by atoms with Crippen molar-refractivity contribution in [1.29, 1.82) is 0 Å². The predicted octanol–water partition coefficient (Wildman–Crippen LogP) is 5.79. The van der Waals surface area contributed by atoms with E-state index >= 15 is 0 Å². The van der Waals surface area contributed by atoms with Crippen LogP contribution in [0.25, 0.3) is 22.3 Å². The molecule has 5 rings (SSSR count). The van der Waals surface area contributed by atoms with E-state index in [0.29, 0.717) is 48.0 Å². The molecule has 0 saturated carbocycles. The standard InChI is InChI=1S/C29H25F2N3O3/c30-22-9-6-18(7-10-22)27-19(3-1-2-4-26(35)36)13-20-14-21(16-32-28(20)34-27)29(37)33-25-12-8-17-5-11-23(31)15-24(17)25/h5-7,9-11,13-16,25H,1-4,8,12H2,(H,33,37)(H,35,36)/t25-/m1/s1. The first-order valence-corrected chi connectivity index (χ1v) is 12.2. The van der Waals surface area contributed by atoms with Crippen LogP contribution in [0.3, 0.4) is 0 Å². The smallest absolute Gasteiger partial charge is 0.303 e. The lowest BCUT2D eigenvalue weighted by Crippen LogP contribution is -2.27. The topological polar surface area (TPSA) is 92.2 Å². The van der Waals surface area contributed by atoms with E-state index in [0.717, 1.165) is 28.7 Å². The largest absolute Gasteiger partial charge is 0.481 e. The summed E-state index contributed by atoms with van der Waals surface area (Å²) in [6.07, 6.45) is 4.75. The summed E-state index contributed by atoms with van der Waals surface area (Å²) in [5.41, 5.74) is 4.89. The number of aromatic nitrogens is 2. The highest BCUT2D eigenvalue weighted by molar-refractivity contribution is 5.97. The van der Waals surface area contributed by atoms with Gasteiger partial charge in [0.15, 0.2) is 5.65 Å². The molecule has 2 heterocycles. The van der Waals surface area contributed by atoms with E-state index in [9.17, 15) is 18.4 Å². The number of amides is 1. The number of rotatable bonds is 8. The lowest BCUT2D eigenvalue weighted by molar-refractivity contribution is -0.137. The third kappa shape index (κ3) is 5.48. The first-order valence-electron chi connectivity index (χ1n) is 12.2. The number of benzene rings is 2. The number of unbranched alkanes of at least 4 members (excludes halogenated alkanes) is 1. The SMILES string of the molecule is O=C(O)CCCCc1cc2cc(C(=O)N[C@@H]3CCc4ccc(F)cc43)cnc2nc1-c1ccc(F)cc1. The summed E-state index contributed by atoms with van der Waals surface area (Å²) >= 11 is 0. The van der Waals surface area contributed by atoms with Gasteiger partial charge in [-0.1, -0.05) is 6.07 Å². The van der Waals surface area contributed by atoms with Crippen LogP contribution in [0.4, 0.5) is 8.78 Å². The average molecular weight is 502 g/mol. The molecular formula is C29H25F2N3O3. The molecule has 8 heteroatoms. The lowest BCUT2D eigenvalue weighted by Gasteiger charge is -2.15. The van der Waals surface area contributed by atoms with E-state index in [1.54, 1.807) is 24.3 Å². The number of hydrogen-bond donors (Lipinski definition) is 2. The van der Waals surface area contributed by atoms with Crippen molar-refractivity contribution in [3.8, 4) is 11.3 Å². The van der Waals surface area contributed by atoms with Gasteiger partial charge in [0.05, 0.1) is 17.3 Å². The third-order valence-electron chi connectivity index (χ3n) is 6.70. The van der Waals surface area contributed by atoms with Crippen molar-refractivity contribution in [2.75, 3.05) is 0 Å². The lowest BCUT2D eigenvalue weighted by atomic mass is 9.99. The molecule has 1 aliphatic carbocycles. The van der Waals surface area contributed by atoms with Crippen molar-refractivity contribution >= 4 is 22.9 Å². The number of carboxylic acid groups (broad SMARTS) is 1. The van der Waals surface area contributed by atoms with Gasteiger partial charge in [-0.05, 0) is 97.3 Å². The fourth-order valence-electron chi connectivity index (χ4n) is 4.84. The molecule has 2 aromatic carbocycles. The second kappa shape index (κ2) is 10.4. The Kier molecular flexibility index (Phi) is 6.90. The molecule has 0 bridgehead atoms. The van der Waals surface area contributed by atoms with Gasteiger partial charge in [0.1, 0.15) is 11.6 Å². The molecular weight excluding hydrogens is 476 g/mol. The predicted molar refractivity (Wildman–Crippen MR) is 135 cm³/mol. The molecule has 0 unspecified atom stereocenters. The van der Waals surface area contributed by atoms with Gasteiger partial charge in [-0.25, -0.2) is 18.7 Å². The molecule has 1 amide bonds. The van der Waals surface area contributed by atoms with Crippen LogP contribution in [-0.4, -0.2) is 27.0 Å². The summed E-state index contributed by atoms with van der Waals surface area (Å²) in [5, 5.41) is 12.6. The minimum atomic E-state index is -0.845. The fraction of sp³-hybridized carbons (Fsp3) is 0.241. The summed E-state index contributed by atoms with van der Waals surface area (Å²) in [4.78, 5) is 33.1. The average Bonchev–Trinajstić information content (AvgIpc) is 3.27. The number of pyridine rings is 2. The van der Waals surface area contributed by atoms with Gasteiger partial charge in [-0.3, -0.25) is 9.59 Å². The molecule has 2 aromatic heterocycles. The summed E-state index contributed by atoms with van der Waals surface area (Å²) in [6, 6.07) is 14.1. The Morgan fingerprint density at radius 3 is 2.57 bits per heavy atom. The van der Waals surface area contributed by atoms with E-state index in [1.165, 1.54) is 30.5 Å². The molecule has 0 radical (unpaired) electrons. The summed E-state index contributed by atoms with van der Waals surface area (Å²) < 4.78 is 27.3. The number of aryl methyl sites for hydroxylation is 2. The first-order chi connectivity index (χ1) is 17.9. The van der Waals surface area contributed by atoms with Gasteiger partial charge in [-0.15, -0.1) is 0 Å². The number of carbonyl (C=O) groups is 2.